The number of anilines is 5. The summed E-state index contributed by atoms with van der Waals surface area (Å²) in [5.41, 5.74) is 37.6. The number of halogens is 3. The van der Waals surface area contributed by atoms with Gasteiger partial charge in [0.1, 0.15) is 108 Å². The Hall–Kier alpha value is -12.9. The molecule has 0 unspecified atom stereocenters. The fourth-order valence-electron chi connectivity index (χ4n) is 10.8. The Morgan fingerprint density at radius 2 is 0.602 bits per heavy atom. The van der Waals surface area contributed by atoms with E-state index in [4.69, 9.17) is 86.9 Å². The van der Waals surface area contributed by atoms with Crippen molar-refractivity contribution in [2.24, 2.45) is 10.9 Å². The van der Waals surface area contributed by atoms with Crippen molar-refractivity contribution in [3.8, 4) is 86.2 Å². The molecule has 39 heteroatoms. The molecular formula is C79H98F3N17O17S2. The minimum absolute atomic E-state index is 0.0125. The number of hydrogen-bond donors (Lipinski definition) is 8. The van der Waals surface area contributed by atoms with E-state index >= 15 is 0 Å². The van der Waals surface area contributed by atoms with Crippen LogP contribution in [0.5, 0.6) is 86.2 Å². The predicted octanol–water partition coefficient (Wildman–Crippen LogP) is 14.3. The number of primary amides is 1. The highest BCUT2D eigenvalue weighted by atomic mass is 32.2. The van der Waals surface area contributed by atoms with Crippen LogP contribution in [0.25, 0.3) is 0 Å². The number of nitrogen functional groups attached to an aromatic ring is 5. The number of methoxy groups -OCH3 is 5. The van der Waals surface area contributed by atoms with E-state index in [2.05, 4.69) is 49.8 Å². The predicted molar refractivity (Wildman–Crippen MR) is 437 cm³/mol. The first-order valence-corrected chi connectivity index (χ1v) is 39.3. The number of alkyl halides is 3. The number of carboxylic acids is 1. The second kappa shape index (κ2) is 40.1. The summed E-state index contributed by atoms with van der Waals surface area (Å²) in [6.07, 6.45) is 3.73. The second-order valence-corrected chi connectivity index (χ2v) is 31.0. The van der Waals surface area contributed by atoms with Crippen LogP contribution in [0.3, 0.4) is 0 Å². The Kier molecular flexibility index (Phi) is 31.9. The van der Waals surface area contributed by atoms with Crippen molar-refractivity contribution in [3.05, 3.63) is 165 Å². The number of rotatable bonds is 24. The van der Waals surface area contributed by atoms with Gasteiger partial charge in [-0.25, -0.2) is 76.6 Å². The third kappa shape index (κ3) is 24.8. The van der Waals surface area contributed by atoms with E-state index in [0.29, 0.717) is 69.2 Å². The highest BCUT2D eigenvalue weighted by Gasteiger charge is 2.36. The molecule has 0 bridgehead atoms. The second-order valence-electron chi connectivity index (χ2n) is 27.5. The molecule has 0 spiro atoms. The summed E-state index contributed by atoms with van der Waals surface area (Å²) in [6.45, 7) is 27.9. The number of carboxylic acid groups (broad SMARTS) is 1. The van der Waals surface area contributed by atoms with E-state index in [1.807, 2.05) is 69.2 Å². The SMILES string of the molecule is COc1cc(C(C)C)c(Oc2cnc(C)nc2N)cc1C(=O)O.COc1cc(C(C)C)c(Oc2cnc(C)nc2N)cc1C(F)(F)F.COc1cc(C(C)C)c(Oc2cnc(C)nc2N)cc1C(N)=O.COc1cc(C(C)C)c(Oc2cnc(C)nc2N)cc1S(C)(=O)=O.COc1cc(C(C)C)c(Oc2cnc(C)nc2N)cc1S(N)(=O)=O. The number of aromatic nitrogens is 10. The molecular weight excluding hydrogens is 1580 g/mol. The summed E-state index contributed by atoms with van der Waals surface area (Å²) in [6, 6.07) is 14.6. The number of sulfone groups is 1. The third-order valence-corrected chi connectivity index (χ3v) is 18.9. The van der Waals surface area contributed by atoms with E-state index in [0.717, 1.165) is 34.6 Å². The molecule has 15 N–H and O–H groups in total. The van der Waals surface area contributed by atoms with E-state index in [9.17, 15) is 44.7 Å². The van der Waals surface area contributed by atoms with E-state index in [1.54, 1.807) is 65.0 Å². The number of nitrogens with two attached hydrogens (primary N) is 7. The first kappa shape index (κ1) is 93.9. The van der Waals surface area contributed by atoms with Crippen LogP contribution in [-0.2, 0) is 26.0 Å². The number of amides is 1. The summed E-state index contributed by atoms with van der Waals surface area (Å²) in [7, 11) is -0.559. The van der Waals surface area contributed by atoms with E-state index in [-0.39, 0.29) is 131 Å². The van der Waals surface area contributed by atoms with Crippen LogP contribution in [0.1, 0.15) is 182 Å². The number of primary sulfonamides is 1. The van der Waals surface area contributed by atoms with Crippen LogP contribution in [0.2, 0.25) is 0 Å². The number of sulfonamides is 1. The monoisotopic (exact) mass is 1680 g/mol. The van der Waals surface area contributed by atoms with Crippen molar-refractivity contribution < 1.29 is 92.1 Å². The van der Waals surface area contributed by atoms with Crippen molar-refractivity contribution in [3.63, 3.8) is 0 Å². The molecule has 1 amide bonds. The van der Waals surface area contributed by atoms with Gasteiger partial charge in [0.2, 0.25) is 10.0 Å². The van der Waals surface area contributed by atoms with Gasteiger partial charge in [-0.15, -0.1) is 0 Å². The lowest BCUT2D eigenvalue weighted by molar-refractivity contribution is -0.138. The van der Waals surface area contributed by atoms with Gasteiger partial charge in [-0.05, 0) is 113 Å². The first-order valence-electron chi connectivity index (χ1n) is 35.8. The molecule has 0 saturated carbocycles. The fraction of sp³-hybridized carbons (Fsp3) is 0.342. The molecule has 5 aromatic carbocycles. The van der Waals surface area contributed by atoms with Crippen molar-refractivity contribution in [2.75, 3.05) is 70.5 Å². The summed E-state index contributed by atoms with van der Waals surface area (Å²) in [5, 5.41) is 14.6. The Balaban J connectivity index is 0.000000229. The molecule has 0 aliphatic carbocycles. The van der Waals surface area contributed by atoms with Gasteiger partial charge in [-0.2, -0.15) is 13.2 Å². The molecule has 5 aromatic heterocycles. The van der Waals surface area contributed by atoms with Crippen LogP contribution in [0, 0.1) is 34.6 Å². The minimum Gasteiger partial charge on any atom is -0.496 e. The summed E-state index contributed by atoms with van der Waals surface area (Å²) in [5.74, 6) is 5.53. The zero-order valence-electron chi connectivity index (χ0n) is 69.0. The lowest BCUT2D eigenvalue weighted by Crippen LogP contribution is -2.14. The average molecular weight is 1680 g/mol. The maximum absolute atomic E-state index is 13.2. The highest BCUT2D eigenvalue weighted by molar-refractivity contribution is 7.90. The van der Waals surface area contributed by atoms with Crippen molar-refractivity contribution >= 4 is 60.8 Å². The molecule has 0 saturated heterocycles. The maximum Gasteiger partial charge on any atom is 0.420 e. The van der Waals surface area contributed by atoms with Gasteiger partial charge in [-0.1, -0.05) is 69.2 Å². The quantitative estimate of drug-likeness (QED) is 0.0278. The maximum atomic E-state index is 13.2. The Labute approximate surface area is 681 Å². The van der Waals surface area contributed by atoms with Crippen LogP contribution < -0.4 is 86.9 Å². The molecule has 0 aliphatic heterocycles. The molecule has 10 rings (SSSR count). The number of benzene rings is 5. The molecule has 34 nitrogen and oxygen atoms in total. The fourth-order valence-corrected chi connectivity index (χ4v) is 12.3. The van der Waals surface area contributed by atoms with Crippen LogP contribution in [-0.4, -0.2) is 125 Å². The molecule has 0 atom stereocenters. The van der Waals surface area contributed by atoms with Crippen molar-refractivity contribution in [1.29, 1.82) is 0 Å². The third-order valence-electron chi connectivity index (χ3n) is 16.8. The standard InChI is InChI=1S/C16H18F3N3O2.C16H20N4O3.C16H21N3O4S.C16H19N3O4.C15H20N4O4S/c1-8(2)10-5-13(23-4)11(16(17,18)19)6-12(10)24-14-7-21-9(3)22-15(14)20;1-8(2)10-5-12(22-4)11(16(18)21)6-13(10)23-14-7-19-9(3)20-15(14)17;1-9(2)11-6-13(22-4)15(24(5,20)21)7-12(11)23-14-8-18-10(3)19-16(14)17;1-8(2)10-5-12(22-4)11(16(20)21)6-13(10)23-14-7-18-9(3)19-15(14)17;1-8(2)10-5-12(22-4)14(24(17,20)21)6-11(10)23-13-7-18-9(3)19-15(13)16/h5-8H,1-4H3,(H2,20,21,22);5-8H,1-4H3,(H2,18,21)(H2,17,19,20);6-9H,1-5H3,(H2,17,18,19);5-8H,1-4H3,(H,20,21)(H2,17,18,19);5-8H,1-4H3,(H2,16,18,19)(H2,17,20,21). The molecule has 10 aromatic rings. The number of aryl methyl sites for hydroxylation is 5. The topological polar surface area (TPSA) is 526 Å². The lowest BCUT2D eigenvalue weighted by Gasteiger charge is -2.19. The van der Waals surface area contributed by atoms with Gasteiger partial charge in [0, 0.05) is 46.2 Å². The summed E-state index contributed by atoms with van der Waals surface area (Å²) in [4.78, 5) is 63.2. The van der Waals surface area contributed by atoms with Gasteiger partial charge >= 0.3 is 12.1 Å². The Morgan fingerprint density at radius 1 is 0.364 bits per heavy atom. The smallest absolute Gasteiger partial charge is 0.420 e. The molecule has 118 heavy (non-hydrogen) atoms. The lowest BCUT2D eigenvalue weighted by atomic mass is 9.99. The first-order chi connectivity index (χ1) is 55.0. The number of aromatic carboxylic acids is 1. The number of hydrogen-bond acceptors (Lipinski definition) is 31. The van der Waals surface area contributed by atoms with E-state index < -0.39 is 43.5 Å². The molecule has 0 fully saturated rings. The van der Waals surface area contributed by atoms with Gasteiger partial charge in [0.05, 0.1) is 72.1 Å². The summed E-state index contributed by atoms with van der Waals surface area (Å²) >= 11 is 0. The number of carbonyl (C=O) groups excluding carboxylic acids is 1. The zero-order valence-corrected chi connectivity index (χ0v) is 70.6. The van der Waals surface area contributed by atoms with Crippen molar-refractivity contribution in [2.45, 2.75) is 149 Å². The van der Waals surface area contributed by atoms with Crippen molar-refractivity contribution in [1.82, 2.24) is 49.8 Å². The number of nitrogens with zero attached hydrogens (tertiary/aromatic N) is 10. The minimum atomic E-state index is -4.58. The van der Waals surface area contributed by atoms with Gasteiger partial charge < -0.3 is 86.9 Å². The molecule has 5 heterocycles. The van der Waals surface area contributed by atoms with Crippen LogP contribution >= 0.6 is 0 Å². The largest absolute Gasteiger partial charge is 0.496 e. The Bertz CT molecular complexity index is 5260. The normalized spacial score (nSPS) is 11.2. The van der Waals surface area contributed by atoms with Crippen LogP contribution in [0.4, 0.5) is 42.3 Å². The summed E-state index contributed by atoms with van der Waals surface area (Å²) < 4.78 is 142. The molecule has 634 valence electrons. The number of carbonyl (C=O) groups is 2. The Morgan fingerprint density at radius 3 is 0.839 bits per heavy atom. The van der Waals surface area contributed by atoms with Gasteiger partial charge in [0.15, 0.2) is 67.7 Å². The average Bonchev–Trinajstić information content (AvgIpc) is 0.800. The van der Waals surface area contributed by atoms with Crippen LogP contribution in [0.15, 0.2) is 101 Å². The molecule has 0 aliphatic rings. The number of ether oxygens (including phenoxy) is 10. The highest BCUT2D eigenvalue weighted by Crippen LogP contribution is 2.46. The van der Waals surface area contributed by atoms with E-state index in [1.165, 1.54) is 90.8 Å². The van der Waals surface area contributed by atoms with Gasteiger partial charge in [0.25, 0.3) is 5.91 Å². The molecule has 0 radical (unpaired) electrons. The van der Waals surface area contributed by atoms with Gasteiger partial charge in [-0.3, -0.25) is 4.79 Å². The zero-order chi connectivity index (χ0) is 88.5.